The standard InChI is InChI=1S/C8H6N2O3S/c1-13-8-6-3-2-5(10(11)12)4-7(6)14-9-8/h2-4H,1H3. The third-order valence-corrected chi connectivity index (χ3v) is 2.62. The Morgan fingerprint density at radius 1 is 1.57 bits per heavy atom. The molecule has 0 bridgehead atoms. The van der Waals surface area contributed by atoms with Gasteiger partial charge in [0.25, 0.3) is 5.69 Å². The number of nitrogens with zero attached hydrogens (tertiary/aromatic N) is 2. The number of hydrogen-bond donors (Lipinski definition) is 0. The van der Waals surface area contributed by atoms with E-state index in [1.165, 1.54) is 30.8 Å². The van der Waals surface area contributed by atoms with Gasteiger partial charge in [-0.15, -0.1) is 0 Å². The van der Waals surface area contributed by atoms with Gasteiger partial charge in [-0.25, -0.2) is 0 Å². The number of nitro groups is 1. The molecule has 0 N–H and O–H groups in total. The fourth-order valence-corrected chi connectivity index (χ4v) is 1.95. The van der Waals surface area contributed by atoms with Gasteiger partial charge in [-0.2, -0.15) is 4.37 Å². The van der Waals surface area contributed by atoms with Crippen molar-refractivity contribution in [1.29, 1.82) is 0 Å². The van der Waals surface area contributed by atoms with Crippen molar-refractivity contribution in [2.75, 3.05) is 7.11 Å². The van der Waals surface area contributed by atoms with Crippen LogP contribution in [0.4, 0.5) is 5.69 Å². The number of nitro benzene ring substituents is 1. The van der Waals surface area contributed by atoms with Gasteiger partial charge in [-0.05, 0) is 17.6 Å². The Balaban J connectivity index is 2.63. The first-order valence-electron chi connectivity index (χ1n) is 3.80. The zero-order valence-electron chi connectivity index (χ0n) is 7.26. The van der Waals surface area contributed by atoms with Crippen LogP contribution in [0.3, 0.4) is 0 Å². The van der Waals surface area contributed by atoms with Crippen LogP contribution in [0, 0.1) is 10.1 Å². The number of non-ortho nitro benzene ring substituents is 1. The molecule has 0 atom stereocenters. The summed E-state index contributed by atoms with van der Waals surface area (Å²) in [5.74, 6) is 0.514. The summed E-state index contributed by atoms with van der Waals surface area (Å²) in [6.45, 7) is 0. The lowest BCUT2D eigenvalue weighted by molar-refractivity contribution is -0.384. The van der Waals surface area contributed by atoms with E-state index in [1.807, 2.05) is 0 Å². The van der Waals surface area contributed by atoms with Crippen molar-refractivity contribution in [3.8, 4) is 5.88 Å². The highest BCUT2D eigenvalue weighted by molar-refractivity contribution is 7.13. The van der Waals surface area contributed by atoms with E-state index < -0.39 is 4.92 Å². The molecule has 1 aromatic heterocycles. The molecule has 0 aliphatic rings. The van der Waals surface area contributed by atoms with Crippen LogP contribution < -0.4 is 4.74 Å². The lowest BCUT2D eigenvalue weighted by atomic mass is 10.2. The second-order valence-corrected chi connectivity index (χ2v) is 3.43. The van der Waals surface area contributed by atoms with Crippen molar-refractivity contribution in [3.05, 3.63) is 28.3 Å². The minimum Gasteiger partial charge on any atom is -0.480 e. The molecule has 1 aromatic carbocycles. The topological polar surface area (TPSA) is 65.3 Å². The lowest BCUT2D eigenvalue weighted by Crippen LogP contribution is -1.86. The van der Waals surface area contributed by atoms with Crippen LogP contribution in [-0.2, 0) is 0 Å². The second-order valence-electron chi connectivity index (χ2n) is 2.63. The molecule has 2 aromatic rings. The quantitative estimate of drug-likeness (QED) is 0.563. The molecule has 0 amide bonds. The summed E-state index contributed by atoms with van der Waals surface area (Å²) >= 11 is 1.19. The Morgan fingerprint density at radius 3 is 3.00 bits per heavy atom. The Bertz CT molecular complexity index is 494. The van der Waals surface area contributed by atoms with Crippen LogP contribution in [0.1, 0.15) is 0 Å². The Kier molecular flexibility index (Phi) is 2.05. The molecular formula is C8H6N2O3S. The Labute approximate surface area is 83.2 Å². The van der Waals surface area contributed by atoms with Gasteiger partial charge < -0.3 is 4.74 Å². The van der Waals surface area contributed by atoms with Crippen molar-refractivity contribution >= 4 is 27.3 Å². The van der Waals surface area contributed by atoms with Gasteiger partial charge >= 0.3 is 0 Å². The summed E-state index contributed by atoms with van der Waals surface area (Å²) in [5.41, 5.74) is 0.0730. The Hall–Kier alpha value is -1.69. The maximum Gasteiger partial charge on any atom is 0.270 e. The number of aromatic nitrogens is 1. The number of rotatable bonds is 2. The van der Waals surface area contributed by atoms with Crippen molar-refractivity contribution in [2.24, 2.45) is 0 Å². The van der Waals surface area contributed by atoms with E-state index in [9.17, 15) is 10.1 Å². The average Bonchev–Trinajstić information content (AvgIpc) is 2.59. The zero-order valence-corrected chi connectivity index (χ0v) is 8.08. The zero-order chi connectivity index (χ0) is 10.1. The van der Waals surface area contributed by atoms with Crippen molar-refractivity contribution < 1.29 is 9.66 Å². The smallest absolute Gasteiger partial charge is 0.270 e. The largest absolute Gasteiger partial charge is 0.480 e. The molecule has 0 aliphatic carbocycles. The van der Waals surface area contributed by atoms with Crippen LogP contribution in [0.2, 0.25) is 0 Å². The normalized spacial score (nSPS) is 10.4. The van der Waals surface area contributed by atoms with Gasteiger partial charge in [0.1, 0.15) is 0 Å². The molecule has 14 heavy (non-hydrogen) atoms. The van der Waals surface area contributed by atoms with Crippen molar-refractivity contribution in [1.82, 2.24) is 4.37 Å². The summed E-state index contributed by atoms with van der Waals surface area (Å²) < 4.78 is 9.77. The molecule has 0 aliphatic heterocycles. The number of benzene rings is 1. The monoisotopic (exact) mass is 210 g/mol. The predicted octanol–water partition coefficient (Wildman–Crippen LogP) is 2.21. The van der Waals surface area contributed by atoms with Crippen LogP contribution in [-0.4, -0.2) is 16.4 Å². The third kappa shape index (κ3) is 1.29. The Morgan fingerprint density at radius 2 is 2.36 bits per heavy atom. The summed E-state index contributed by atoms with van der Waals surface area (Å²) in [4.78, 5) is 10.1. The summed E-state index contributed by atoms with van der Waals surface area (Å²) in [6.07, 6.45) is 0. The van der Waals surface area contributed by atoms with Crippen molar-refractivity contribution in [3.63, 3.8) is 0 Å². The highest BCUT2D eigenvalue weighted by Crippen LogP contribution is 2.30. The molecule has 2 rings (SSSR count). The molecule has 0 spiro atoms. The molecule has 5 nitrogen and oxygen atoms in total. The number of fused-ring (bicyclic) bond motifs is 1. The summed E-state index contributed by atoms with van der Waals surface area (Å²) in [5, 5.41) is 11.3. The minimum absolute atomic E-state index is 0.0730. The molecule has 0 saturated carbocycles. The van der Waals surface area contributed by atoms with E-state index in [0.717, 1.165) is 10.1 Å². The van der Waals surface area contributed by atoms with Gasteiger partial charge in [0.05, 0.1) is 22.1 Å². The van der Waals surface area contributed by atoms with E-state index in [0.29, 0.717) is 5.88 Å². The first-order valence-corrected chi connectivity index (χ1v) is 4.57. The first-order chi connectivity index (χ1) is 6.72. The van der Waals surface area contributed by atoms with Gasteiger partial charge in [0, 0.05) is 12.1 Å². The molecule has 0 unspecified atom stereocenters. The maximum atomic E-state index is 10.5. The lowest BCUT2D eigenvalue weighted by Gasteiger charge is -1.93. The molecule has 72 valence electrons. The average molecular weight is 210 g/mol. The van der Waals surface area contributed by atoms with E-state index >= 15 is 0 Å². The van der Waals surface area contributed by atoms with Gasteiger partial charge in [0.2, 0.25) is 5.88 Å². The van der Waals surface area contributed by atoms with E-state index in [1.54, 1.807) is 6.07 Å². The summed E-state index contributed by atoms with van der Waals surface area (Å²) in [6, 6.07) is 4.59. The summed E-state index contributed by atoms with van der Waals surface area (Å²) in [7, 11) is 1.52. The molecule has 0 fully saturated rings. The molecule has 6 heteroatoms. The minimum atomic E-state index is -0.425. The van der Waals surface area contributed by atoms with Crippen LogP contribution in [0.15, 0.2) is 18.2 Å². The maximum absolute atomic E-state index is 10.5. The highest BCUT2D eigenvalue weighted by Gasteiger charge is 2.11. The van der Waals surface area contributed by atoms with Gasteiger partial charge in [0.15, 0.2) is 0 Å². The first kappa shape index (κ1) is 8.89. The molecule has 0 saturated heterocycles. The third-order valence-electron chi connectivity index (χ3n) is 1.83. The predicted molar refractivity (Wildman–Crippen MR) is 52.8 cm³/mol. The fourth-order valence-electron chi connectivity index (χ4n) is 1.16. The van der Waals surface area contributed by atoms with Crippen LogP contribution in [0.5, 0.6) is 5.88 Å². The van der Waals surface area contributed by atoms with E-state index in [4.69, 9.17) is 4.74 Å². The molecular weight excluding hydrogens is 204 g/mol. The van der Waals surface area contributed by atoms with Crippen LogP contribution in [0.25, 0.3) is 10.1 Å². The molecule has 1 heterocycles. The SMILES string of the molecule is COc1nsc2cc([N+](=O)[O-])ccc12. The van der Waals surface area contributed by atoms with Gasteiger partial charge in [-0.3, -0.25) is 10.1 Å². The van der Waals surface area contributed by atoms with Crippen molar-refractivity contribution in [2.45, 2.75) is 0 Å². The van der Waals surface area contributed by atoms with Crippen LogP contribution >= 0.6 is 11.5 Å². The second kappa shape index (κ2) is 3.22. The highest BCUT2D eigenvalue weighted by atomic mass is 32.1. The molecule has 0 radical (unpaired) electrons. The van der Waals surface area contributed by atoms with Gasteiger partial charge in [-0.1, -0.05) is 0 Å². The fraction of sp³-hybridized carbons (Fsp3) is 0.125. The number of ether oxygens (including phenoxy) is 1. The van der Waals surface area contributed by atoms with E-state index in [-0.39, 0.29) is 5.69 Å². The van der Waals surface area contributed by atoms with E-state index in [2.05, 4.69) is 4.37 Å². The number of methoxy groups -OCH3 is 1. The number of hydrogen-bond acceptors (Lipinski definition) is 5.